The van der Waals surface area contributed by atoms with E-state index in [9.17, 15) is 19.0 Å². The number of phosphoric acid groups is 1. The first-order valence-corrected chi connectivity index (χ1v) is 32.4. The normalized spacial score (nSPS) is 14.0. The van der Waals surface area contributed by atoms with Gasteiger partial charge in [0.2, 0.25) is 5.91 Å². The third-order valence-electron chi connectivity index (χ3n) is 13.7. The predicted molar refractivity (Wildman–Crippen MR) is 312 cm³/mol. The van der Waals surface area contributed by atoms with Crippen molar-refractivity contribution in [1.29, 1.82) is 0 Å². The molecule has 0 aromatic rings. The lowest BCUT2D eigenvalue weighted by atomic mass is 10.0. The largest absolute Gasteiger partial charge is 0.756 e. The van der Waals surface area contributed by atoms with Crippen molar-refractivity contribution in [2.45, 2.75) is 303 Å². The standard InChI is InChI=1S/C63H119N2O7P/c1-7-10-13-16-19-22-25-27-28-29-30-31-32-33-34-35-36-38-40-43-46-49-52-55-62(66)64-60(59-71-73(68,69)70-58-57-65(4,5)6)61(54-51-48-45-42-39-24-21-18-15-12-9-3)72-63(67)56-53-50-47-44-41-37-26-23-20-17-14-11-8-2/h27-28,37,41,47,50-51,54,60-61H,7-26,29-36,38-40,42-46,48-49,52-53,55-59H2,1-6H3,(H-,64,66,68,69)/b28-27+,41-37-,50-47+,54-51-. The third kappa shape index (κ3) is 54.6. The van der Waals surface area contributed by atoms with Crippen molar-refractivity contribution < 1.29 is 37.3 Å². The molecule has 0 saturated carbocycles. The first-order chi connectivity index (χ1) is 35.4. The molecule has 0 bridgehead atoms. The number of rotatable bonds is 56. The molecule has 73 heavy (non-hydrogen) atoms. The van der Waals surface area contributed by atoms with E-state index in [4.69, 9.17) is 13.8 Å². The highest BCUT2D eigenvalue weighted by Gasteiger charge is 2.27. The van der Waals surface area contributed by atoms with Crippen LogP contribution in [0, 0.1) is 0 Å². The molecule has 9 nitrogen and oxygen atoms in total. The summed E-state index contributed by atoms with van der Waals surface area (Å²) in [4.78, 5) is 39.8. The van der Waals surface area contributed by atoms with Crippen LogP contribution >= 0.6 is 7.82 Å². The molecule has 0 spiro atoms. The molecule has 0 rings (SSSR count). The quantitative estimate of drug-likeness (QED) is 0.0212. The van der Waals surface area contributed by atoms with Gasteiger partial charge in [0.05, 0.1) is 33.8 Å². The number of hydrogen-bond acceptors (Lipinski definition) is 7. The lowest BCUT2D eigenvalue weighted by Gasteiger charge is -2.30. The van der Waals surface area contributed by atoms with Crippen LogP contribution in [0.5, 0.6) is 0 Å². The van der Waals surface area contributed by atoms with Crippen LogP contribution in [0.1, 0.15) is 290 Å². The number of nitrogens with zero attached hydrogens (tertiary/aromatic N) is 1. The van der Waals surface area contributed by atoms with Gasteiger partial charge < -0.3 is 28.5 Å². The van der Waals surface area contributed by atoms with Crippen LogP contribution in [0.2, 0.25) is 0 Å². The average molecular weight is 1050 g/mol. The second-order valence-electron chi connectivity index (χ2n) is 22.2. The van der Waals surface area contributed by atoms with Gasteiger partial charge in [0, 0.05) is 12.8 Å². The van der Waals surface area contributed by atoms with Crippen LogP contribution in [0.4, 0.5) is 0 Å². The molecule has 1 amide bonds. The first-order valence-electron chi connectivity index (χ1n) is 30.9. The van der Waals surface area contributed by atoms with E-state index in [1.54, 1.807) is 0 Å². The molecule has 10 heteroatoms. The molecule has 0 aromatic heterocycles. The minimum Gasteiger partial charge on any atom is -0.756 e. The fourth-order valence-electron chi connectivity index (χ4n) is 8.92. The molecular weight excluding hydrogens is 928 g/mol. The fraction of sp³-hybridized carbons (Fsp3) is 0.841. The molecule has 0 aliphatic rings. The monoisotopic (exact) mass is 1050 g/mol. The SMILES string of the molecule is CCCCCCCC/C=C\C/C=C/CCC(=O)OC(/C=C\CCCCCCCCCCC)C(COP(=O)([O-])OCC[N+](C)(C)C)NC(=O)CCCCCCCCCCCCCCC/C=C/CCCCCCCC. The summed E-state index contributed by atoms with van der Waals surface area (Å²) in [7, 11) is 1.16. The highest BCUT2D eigenvalue weighted by Crippen LogP contribution is 2.38. The van der Waals surface area contributed by atoms with E-state index in [1.807, 2.05) is 39.4 Å². The molecule has 0 radical (unpaired) electrons. The Labute approximate surface area is 452 Å². The van der Waals surface area contributed by atoms with Crippen molar-refractivity contribution in [3.8, 4) is 0 Å². The van der Waals surface area contributed by atoms with Crippen molar-refractivity contribution in [3.63, 3.8) is 0 Å². The van der Waals surface area contributed by atoms with E-state index in [2.05, 4.69) is 56.5 Å². The Morgan fingerprint density at radius 3 is 1.27 bits per heavy atom. The van der Waals surface area contributed by atoms with E-state index in [0.29, 0.717) is 23.9 Å². The van der Waals surface area contributed by atoms with Gasteiger partial charge in [0.25, 0.3) is 7.82 Å². The van der Waals surface area contributed by atoms with Gasteiger partial charge in [-0.15, -0.1) is 0 Å². The van der Waals surface area contributed by atoms with E-state index < -0.39 is 32.5 Å². The van der Waals surface area contributed by atoms with Gasteiger partial charge in [-0.1, -0.05) is 250 Å². The maximum atomic E-state index is 13.5. The molecule has 3 atom stereocenters. The summed E-state index contributed by atoms with van der Waals surface area (Å²) in [5.41, 5.74) is 0. The maximum absolute atomic E-state index is 13.5. The molecular formula is C63H119N2O7P. The molecule has 0 fully saturated rings. The van der Waals surface area contributed by atoms with E-state index in [0.717, 1.165) is 51.4 Å². The van der Waals surface area contributed by atoms with Crippen LogP contribution in [0.3, 0.4) is 0 Å². The number of amides is 1. The number of carbonyl (C=O) groups is 2. The number of hydrogen-bond donors (Lipinski definition) is 1. The Hall–Kier alpha value is -2.03. The van der Waals surface area contributed by atoms with E-state index in [1.165, 1.54) is 199 Å². The maximum Gasteiger partial charge on any atom is 0.306 e. The summed E-state index contributed by atoms with van der Waals surface area (Å²) in [6, 6.07) is -0.908. The lowest BCUT2D eigenvalue weighted by molar-refractivity contribution is -0.870. The summed E-state index contributed by atoms with van der Waals surface area (Å²) in [6.45, 7) is 6.80. The van der Waals surface area contributed by atoms with Crippen molar-refractivity contribution in [3.05, 3.63) is 48.6 Å². The number of likely N-dealkylation sites (N-methyl/N-ethyl adjacent to an activating group) is 1. The highest BCUT2D eigenvalue weighted by molar-refractivity contribution is 7.45. The van der Waals surface area contributed by atoms with Crippen LogP contribution in [0.25, 0.3) is 0 Å². The van der Waals surface area contributed by atoms with Gasteiger partial charge in [-0.2, -0.15) is 0 Å². The summed E-state index contributed by atoms with van der Waals surface area (Å²) in [5, 5.41) is 3.01. The van der Waals surface area contributed by atoms with Gasteiger partial charge in [-0.3, -0.25) is 14.2 Å². The molecule has 428 valence electrons. The summed E-state index contributed by atoms with van der Waals surface area (Å²) >= 11 is 0. The summed E-state index contributed by atoms with van der Waals surface area (Å²) in [6.07, 6.45) is 65.3. The number of quaternary nitrogens is 1. The Morgan fingerprint density at radius 2 is 0.849 bits per heavy atom. The zero-order valence-corrected chi connectivity index (χ0v) is 49.7. The van der Waals surface area contributed by atoms with E-state index >= 15 is 0 Å². The molecule has 0 aromatic carbocycles. The van der Waals surface area contributed by atoms with Gasteiger partial charge in [0.15, 0.2) is 0 Å². The van der Waals surface area contributed by atoms with Gasteiger partial charge in [-0.05, 0) is 76.7 Å². The van der Waals surface area contributed by atoms with E-state index in [-0.39, 0.29) is 18.9 Å². The van der Waals surface area contributed by atoms with Crippen molar-refractivity contribution in [2.24, 2.45) is 0 Å². The zero-order valence-electron chi connectivity index (χ0n) is 48.8. The van der Waals surface area contributed by atoms with Crippen LogP contribution in [-0.2, 0) is 27.9 Å². The molecule has 3 unspecified atom stereocenters. The minimum absolute atomic E-state index is 0.0291. The van der Waals surface area contributed by atoms with Gasteiger partial charge >= 0.3 is 5.97 Å². The Morgan fingerprint density at radius 1 is 0.479 bits per heavy atom. The molecule has 1 N–H and O–H groups in total. The summed E-state index contributed by atoms with van der Waals surface area (Å²) < 4.78 is 30.2. The van der Waals surface area contributed by atoms with Gasteiger partial charge in [0.1, 0.15) is 19.3 Å². The molecule has 0 aliphatic heterocycles. The topological polar surface area (TPSA) is 114 Å². The smallest absolute Gasteiger partial charge is 0.306 e. The Kier molecular flexibility index (Phi) is 51.9. The Balaban J connectivity index is 5.15. The third-order valence-corrected chi connectivity index (χ3v) is 14.7. The van der Waals surface area contributed by atoms with Crippen molar-refractivity contribution in [2.75, 3.05) is 40.9 Å². The predicted octanol–water partition coefficient (Wildman–Crippen LogP) is 18.3. The summed E-state index contributed by atoms with van der Waals surface area (Å²) in [5.74, 6) is -0.612. The highest BCUT2D eigenvalue weighted by atomic mass is 31.2. The lowest BCUT2D eigenvalue weighted by Crippen LogP contribution is -2.47. The number of esters is 1. The van der Waals surface area contributed by atoms with Crippen LogP contribution in [0.15, 0.2) is 48.6 Å². The zero-order chi connectivity index (χ0) is 53.6. The second kappa shape index (κ2) is 53.4. The van der Waals surface area contributed by atoms with Crippen LogP contribution in [-0.4, -0.2) is 69.4 Å². The van der Waals surface area contributed by atoms with Crippen molar-refractivity contribution in [1.82, 2.24) is 5.32 Å². The number of carbonyl (C=O) groups excluding carboxylic acids is 2. The number of nitrogens with one attached hydrogen (secondary N) is 1. The van der Waals surface area contributed by atoms with Gasteiger partial charge in [-0.25, -0.2) is 0 Å². The van der Waals surface area contributed by atoms with Crippen LogP contribution < -0.4 is 10.2 Å². The second-order valence-corrected chi connectivity index (χ2v) is 23.6. The number of phosphoric ester groups is 1. The number of allylic oxidation sites excluding steroid dienone is 7. The first kappa shape index (κ1) is 71.0. The molecule has 0 aliphatic carbocycles. The average Bonchev–Trinajstić information content (AvgIpc) is 3.35. The molecule has 0 heterocycles. The number of ether oxygens (including phenoxy) is 1. The fourth-order valence-corrected chi connectivity index (χ4v) is 9.65. The van der Waals surface area contributed by atoms with Crippen molar-refractivity contribution >= 4 is 19.7 Å². The Bertz CT molecular complexity index is 1390. The number of unbranched alkanes of at least 4 members (excludes halogenated alkanes) is 34. The molecule has 0 saturated heterocycles. The minimum atomic E-state index is -4.70.